The molecule has 0 saturated heterocycles. The maximum Gasteiger partial charge on any atom is 0.153 e. The van der Waals surface area contributed by atoms with Gasteiger partial charge in [0.15, 0.2) is 5.84 Å². The molecule has 0 aliphatic heterocycles. The molecule has 4 heteroatoms. The van der Waals surface area contributed by atoms with E-state index >= 15 is 0 Å². The van der Waals surface area contributed by atoms with Gasteiger partial charge in [0.2, 0.25) is 0 Å². The summed E-state index contributed by atoms with van der Waals surface area (Å²) in [6, 6.07) is 0.437. The second-order valence-electron chi connectivity index (χ2n) is 3.51. The summed E-state index contributed by atoms with van der Waals surface area (Å²) in [5.41, 5.74) is 5.44. The molecular weight excluding hydrogens is 166 g/mol. The molecule has 0 aliphatic rings. The van der Waals surface area contributed by atoms with Crippen LogP contribution in [0, 0.1) is 0 Å². The zero-order valence-corrected chi connectivity index (χ0v) is 8.82. The van der Waals surface area contributed by atoms with Gasteiger partial charge in [-0.1, -0.05) is 18.5 Å². The van der Waals surface area contributed by atoms with Crippen LogP contribution in [0.25, 0.3) is 0 Å². The Kier molecular flexibility index (Phi) is 6.32. The van der Waals surface area contributed by atoms with E-state index in [1.54, 1.807) is 0 Å². The van der Waals surface area contributed by atoms with Crippen molar-refractivity contribution in [1.82, 2.24) is 4.90 Å². The third-order valence-electron chi connectivity index (χ3n) is 2.02. The van der Waals surface area contributed by atoms with Crippen LogP contribution in [-0.4, -0.2) is 35.1 Å². The van der Waals surface area contributed by atoms with E-state index in [4.69, 9.17) is 10.9 Å². The average Bonchev–Trinajstić information content (AvgIpc) is 2.11. The van der Waals surface area contributed by atoms with E-state index in [0.717, 1.165) is 13.0 Å². The number of amidine groups is 1. The summed E-state index contributed by atoms with van der Waals surface area (Å²) in [4.78, 5) is 2.19. The molecule has 3 N–H and O–H groups in total. The molecule has 0 aliphatic carbocycles. The van der Waals surface area contributed by atoms with E-state index in [-0.39, 0.29) is 5.84 Å². The minimum absolute atomic E-state index is 0.282. The first-order valence-electron chi connectivity index (χ1n) is 4.82. The molecule has 0 aromatic rings. The molecular formula is C9H21N3O. The molecule has 0 saturated carbocycles. The lowest BCUT2D eigenvalue weighted by molar-refractivity contribution is 0.243. The fraction of sp³-hybridized carbons (Fsp3) is 0.889. The number of nitrogens with two attached hydrogens (primary N) is 1. The molecule has 0 aromatic heterocycles. The Hall–Kier alpha value is -0.770. The second kappa shape index (κ2) is 6.71. The van der Waals surface area contributed by atoms with Gasteiger partial charge in [-0.15, -0.1) is 0 Å². The highest BCUT2D eigenvalue weighted by atomic mass is 16.4. The van der Waals surface area contributed by atoms with Gasteiger partial charge in [0.05, 0.1) is 6.54 Å². The van der Waals surface area contributed by atoms with Crippen molar-refractivity contribution in [3.63, 3.8) is 0 Å². The molecule has 0 bridgehead atoms. The van der Waals surface area contributed by atoms with Crippen molar-refractivity contribution in [2.45, 2.75) is 39.7 Å². The van der Waals surface area contributed by atoms with Crippen LogP contribution in [0.4, 0.5) is 0 Å². The van der Waals surface area contributed by atoms with E-state index < -0.39 is 0 Å². The van der Waals surface area contributed by atoms with Gasteiger partial charge < -0.3 is 10.9 Å². The molecule has 0 spiro atoms. The molecule has 0 heterocycles. The molecule has 4 nitrogen and oxygen atoms in total. The number of nitrogens with zero attached hydrogens (tertiary/aromatic N) is 2. The largest absolute Gasteiger partial charge is 0.409 e. The molecule has 78 valence electrons. The molecule has 0 unspecified atom stereocenters. The average molecular weight is 187 g/mol. The van der Waals surface area contributed by atoms with Crippen molar-refractivity contribution < 1.29 is 5.21 Å². The zero-order chi connectivity index (χ0) is 10.3. The Morgan fingerprint density at radius 3 is 2.54 bits per heavy atom. The third kappa shape index (κ3) is 5.47. The Morgan fingerprint density at radius 2 is 2.15 bits per heavy atom. The van der Waals surface area contributed by atoms with Crippen molar-refractivity contribution in [2.75, 3.05) is 13.1 Å². The highest BCUT2D eigenvalue weighted by Gasteiger charge is 2.09. The van der Waals surface area contributed by atoms with Gasteiger partial charge in [0.25, 0.3) is 0 Å². The molecule has 0 atom stereocenters. The Bertz CT molecular complexity index is 157. The minimum atomic E-state index is 0.282. The van der Waals surface area contributed by atoms with Crippen LogP contribution >= 0.6 is 0 Å². The quantitative estimate of drug-likeness (QED) is 0.285. The predicted octanol–water partition coefficient (Wildman–Crippen LogP) is 1.24. The monoisotopic (exact) mass is 187 g/mol. The van der Waals surface area contributed by atoms with Crippen LogP contribution in [0.5, 0.6) is 0 Å². The van der Waals surface area contributed by atoms with Gasteiger partial charge in [-0.3, -0.25) is 4.90 Å². The Labute approximate surface area is 80.4 Å². The maximum absolute atomic E-state index is 8.43. The summed E-state index contributed by atoms with van der Waals surface area (Å²) in [6.45, 7) is 7.93. The van der Waals surface area contributed by atoms with E-state index in [9.17, 15) is 0 Å². The highest BCUT2D eigenvalue weighted by Crippen LogP contribution is 2.00. The number of unbranched alkanes of at least 4 members (excludes halogenated alkanes) is 1. The number of oxime groups is 1. The lowest BCUT2D eigenvalue weighted by Crippen LogP contribution is -2.39. The normalized spacial score (nSPS) is 12.8. The molecule has 0 radical (unpaired) electrons. The standard InChI is InChI=1S/C9H21N3O/c1-4-5-6-12(8(2)3)7-9(10)11-13/h8,13H,4-7H2,1-3H3,(H2,10,11). The number of rotatable bonds is 6. The van der Waals surface area contributed by atoms with Crippen LogP contribution in [0.1, 0.15) is 33.6 Å². The van der Waals surface area contributed by atoms with Gasteiger partial charge in [0.1, 0.15) is 0 Å². The van der Waals surface area contributed by atoms with Crippen LogP contribution in [0.2, 0.25) is 0 Å². The van der Waals surface area contributed by atoms with Gasteiger partial charge in [-0.25, -0.2) is 0 Å². The molecule has 0 fully saturated rings. The number of hydrogen-bond donors (Lipinski definition) is 2. The fourth-order valence-corrected chi connectivity index (χ4v) is 1.12. The SMILES string of the molecule is CCCCN(CC(N)=NO)C(C)C. The summed E-state index contributed by atoms with van der Waals surface area (Å²) in [5, 5.41) is 11.4. The molecule has 0 amide bonds. The van der Waals surface area contributed by atoms with Crippen molar-refractivity contribution in [3.05, 3.63) is 0 Å². The van der Waals surface area contributed by atoms with E-state index in [0.29, 0.717) is 12.6 Å². The molecule has 13 heavy (non-hydrogen) atoms. The van der Waals surface area contributed by atoms with Gasteiger partial charge in [-0.2, -0.15) is 0 Å². The zero-order valence-electron chi connectivity index (χ0n) is 8.82. The number of hydrogen-bond acceptors (Lipinski definition) is 3. The summed E-state index contributed by atoms with van der Waals surface area (Å²) in [6.07, 6.45) is 2.32. The van der Waals surface area contributed by atoms with Gasteiger partial charge in [-0.05, 0) is 26.8 Å². The molecule has 0 aromatic carbocycles. The second-order valence-corrected chi connectivity index (χ2v) is 3.51. The predicted molar refractivity (Wildman–Crippen MR) is 55.0 cm³/mol. The third-order valence-corrected chi connectivity index (χ3v) is 2.02. The van der Waals surface area contributed by atoms with Gasteiger partial charge in [0, 0.05) is 6.04 Å². The van der Waals surface area contributed by atoms with Crippen LogP contribution in [0.15, 0.2) is 5.16 Å². The first-order valence-corrected chi connectivity index (χ1v) is 4.82. The lowest BCUT2D eigenvalue weighted by atomic mass is 10.2. The van der Waals surface area contributed by atoms with E-state index in [1.165, 1.54) is 6.42 Å². The fourth-order valence-electron chi connectivity index (χ4n) is 1.12. The maximum atomic E-state index is 8.43. The first kappa shape index (κ1) is 12.2. The Balaban J connectivity index is 3.94. The van der Waals surface area contributed by atoms with Crippen molar-refractivity contribution in [2.24, 2.45) is 10.9 Å². The summed E-state index contributed by atoms with van der Waals surface area (Å²) in [7, 11) is 0. The smallest absolute Gasteiger partial charge is 0.153 e. The summed E-state index contributed by atoms with van der Waals surface area (Å²) < 4.78 is 0. The highest BCUT2D eigenvalue weighted by molar-refractivity contribution is 5.81. The minimum Gasteiger partial charge on any atom is -0.409 e. The van der Waals surface area contributed by atoms with Crippen molar-refractivity contribution >= 4 is 5.84 Å². The lowest BCUT2D eigenvalue weighted by Gasteiger charge is -2.25. The molecule has 0 rings (SSSR count). The van der Waals surface area contributed by atoms with Crippen LogP contribution in [-0.2, 0) is 0 Å². The van der Waals surface area contributed by atoms with Crippen molar-refractivity contribution in [1.29, 1.82) is 0 Å². The summed E-state index contributed by atoms with van der Waals surface area (Å²) in [5.74, 6) is 0.282. The van der Waals surface area contributed by atoms with Crippen molar-refractivity contribution in [3.8, 4) is 0 Å². The van der Waals surface area contributed by atoms with E-state index in [2.05, 4.69) is 30.8 Å². The van der Waals surface area contributed by atoms with Gasteiger partial charge >= 0.3 is 0 Å². The van der Waals surface area contributed by atoms with E-state index in [1.807, 2.05) is 0 Å². The Morgan fingerprint density at radius 1 is 1.54 bits per heavy atom. The van der Waals surface area contributed by atoms with Crippen LogP contribution in [0.3, 0.4) is 0 Å². The topological polar surface area (TPSA) is 61.8 Å². The summed E-state index contributed by atoms with van der Waals surface area (Å²) >= 11 is 0. The van der Waals surface area contributed by atoms with Crippen LogP contribution < -0.4 is 5.73 Å². The first-order chi connectivity index (χ1) is 6.11.